The van der Waals surface area contributed by atoms with Crippen molar-refractivity contribution >= 4 is 12.6 Å². The van der Waals surface area contributed by atoms with Gasteiger partial charge in [-0.1, -0.05) is 0 Å². The molecule has 2 nitrogen and oxygen atoms in total. The molecule has 0 aliphatic carbocycles. The Morgan fingerprint density at radius 2 is 1.70 bits per heavy atom. The number of hydrogen-bond acceptors (Lipinski definition) is 3. The fourth-order valence-corrected chi connectivity index (χ4v) is 0.427. The van der Waals surface area contributed by atoms with Crippen LogP contribution < -0.4 is 5.73 Å². The van der Waals surface area contributed by atoms with Crippen LogP contribution in [0.3, 0.4) is 0 Å². The van der Waals surface area contributed by atoms with Crippen LogP contribution in [0.4, 0.5) is 0 Å². The van der Waals surface area contributed by atoms with Crippen molar-refractivity contribution in [3.63, 3.8) is 0 Å². The SMILES string of the molecule is CC(C)(N)COC(C)(C)S. The highest BCUT2D eigenvalue weighted by Crippen LogP contribution is 2.15. The summed E-state index contributed by atoms with van der Waals surface area (Å²) < 4.78 is 5.33. The molecule has 0 spiro atoms. The van der Waals surface area contributed by atoms with Crippen LogP contribution in [0.5, 0.6) is 0 Å². The monoisotopic (exact) mass is 163 g/mol. The highest BCUT2D eigenvalue weighted by molar-refractivity contribution is 7.81. The van der Waals surface area contributed by atoms with E-state index in [0.717, 1.165) is 0 Å². The number of ether oxygens (including phenoxy) is 1. The summed E-state index contributed by atoms with van der Waals surface area (Å²) in [4.78, 5) is -0.378. The molecule has 0 atom stereocenters. The van der Waals surface area contributed by atoms with Crippen LogP contribution in [0.2, 0.25) is 0 Å². The van der Waals surface area contributed by atoms with Crippen molar-refractivity contribution in [2.45, 2.75) is 38.2 Å². The van der Waals surface area contributed by atoms with Crippen molar-refractivity contribution in [1.82, 2.24) is 0 Å². The normalized spacial score (nSPS) is 13.8. The van der Waals surface area contributed by atoms with E-state index in [1.54, 1.807) is 0 Å². The number of thiol groups is 1. The fourth-order valence-electron chi connectivity index (χ4n) is 0.363. The lowest BCUT2D eigenvalue weighted by Gasteiger charge is -2.25. The fraction of sp³-hybridized carbons (Fsp3) is 1.00. The van der Waals surface area contributed by atoms with E-state index in [0.29, 0.717) is 6.61 Å². The van der Waals surface area contributed by atoms with Gasteiger partial charge in [0, 0.05) is 5.54 Å². The van der Waals surface area contributed by atoms with Crippen LogP contribution >= 0.6 is 12.6 Å². The van der Waals surface area contributed by atoms with Crippen molar-refractivity contribution in [1.29, 1.82) is 0 Å². The zero-order valence-corrected chi connectivity index (χ0v) is 8.03. The van der Waals surface area contributed by atoms with Gasteiger partial charge in [0.05, 0.1) is 6.61 Å². The largest absolute Gasteiger partial charge is 0.363 e. The smallest absolute Gasteiger partial charge is 0.105 e. The maximum absolute atomic E-state index is 5.68. The second-order valence-corrected chi connectivity index (χ2v) is 4.80. The van der Waals surface area contributed by atoms with Crippen LogP contribution in [0.1, 0.15) is 27.7 Å². The minimum atomic E-state index is -0.378. The lowest BCUT2D eigenvalue weighted by atomic mass is 10.1. The Labute approximate surface area is 68.5 Å². The summed E-state index contributed by atoms with van der Waals surface area (Å²) in [5.41, 5.74) is 5.42. The topological polar surface area (TPSA) is 35.2 Å². The second kappa shape index (κ2) is 3.11. The standard InChI is InChI=1S/C7H17NOS/c1-6(2,8)5-9-7(3,4)10/h10H,5,8H2,1-4H3. The lowest BCUT2D eigenvalue weighted by molar-refractivity contribution is 0.0278. The van der Waals surface area contributed by atoms with Gasteiger partial charge in [-0.15, -0.1) is 12.6 Å². The number of nitrogens with two attached hydrogens (primary N) is 1. The molecule has 62 valence electrons. The molecule has 0 rings (SSSR count). The number of rotatable bonds is 3. The van der Waals surface area contributed by atoms with Crippen LogP contribution in [-0.4, -0.2) is 17.1 Å². The zero-order valence-electron chi connectivity index (χ0n) is 7.14. The molecule has 0 amide bonds. The quantitative estimate of drug-likeness (QED) is 0.487. The van der Waals surface area contributed by atoms with Gasteiger partial charge in [0.15, 0.2) is 0 Å². The van der Waals surface area contributed by atoms with E-state index < -0.39 is 0 Å². The molecule has 0 heterocycles. The molecule has 0 saturated carbocycles. The number of hydrogen-bond donors (Lipinski definition) is 2. The molecule has 0 fully saturated rings. The van der Waals surface area contributed by atoms with Gasteiger partial charge in [0.1, 0.15) is 4.93 Å². The summed E-state index contributed by atoms with van der Waals surface area (Å²) >= 11 is 4.19. The van der Waals surface area contributed by atoms with Crippen molar-refractivity contribution in [2.75, 3.05) is 6.61 Å². The average Bonchev–Trinajstić information content (AvgIpc) is 1.57. The first-order valence-corrected chi connectivity index (χ1v) is 3.81. The summed E-state index contributed by atoms with van der Waals surface area (Å²) in [7, 11) is 0. The molecule has 3 heteroatoms. The van der Waals surface area contributed by atoms with E-state index in [4.69, 9.17) is 10.5 Å². The van der Waals surface area contributed by atoms with Gasteiger partial charge in [-0.3, -0.25) is 0 Å². The van der Waals surface area contributed by atoms with Crippen molar-refractivity contribution in [3.05, 3.63) is 0 Å². The van der Waals surface area contributed by atoms with Gasteiger partial charge in [0.2, 0.25) is 0 Å². The zero-order chi connectivity index (χ0) is 8.41. The second-order valence-electron chi connectivity index (χ2n) is 3.72. The molecule has 0 unspecified atom stereocenters. The maximum atomic E-state index is 5.68. The molecule has 0 aromatic rings. The molecule has 0 aliphatic rings. The summed E-state index contributed by atoms with van der Waals surface area (Å²) in [5, 5.41) is 0. The summed E-state index contributed by atoms with van der Waals surface area (Å²) in [5.74, 6) is 0. The summed E-state index contributed by atoms with van der Waals surface area (Å²) in [6.45, 7) is 8.16. The molecule has 10 heavy (non-hydrogen) atoms. The Morgan fingerprint density at radius 3 is 1.80 bits per heavy atom. The molecular weight excluding hydrogens is 146 g/mol. The molecule has 0 bridgehead atoms. The summed E-state index contributed by atoms with van der Waals surface area (Å²) in [6, 6.07) is 0. The Balaban J connectivity index is 3.56. The van der Waals surface area contributed by atoms with Crippen molar-refractivity contribution < 1.29 is 4.74 Å². The molecule has 0 aliphatic heterocycles. The Hall–Kier alpha value is 0.270. The third kappa shape index (κ3) is 8.27. The first-order chi connectivity index (χ1) is 4.21. The van der Waals surface area contributed by atoms with Gasteiger partial charge < -0.3 is 10.5 Å². The van der Waals surface area contributed by atoms with Crippen molar-refractivity contribution in [2.24, 2.45) is 5.73 Å². The van der Waals surface area contributed by atoms with Crippen LogP contribution in [0, 0.1) is 0 Å². The average molecular weight is 163 g/mol. The van der Waals surface area contributed by atoms with E-state index in [9.17, 15) is 0 Å². The van der Waals surface area contributed by atoms with E-state index in [1.807, 2.05) is 27.7 Å². The Kier molecular flexibility index (Phi) is 3.20. The Morgan fingerprint density at radius 1 is 1.30 bits per heavy atom. The maximum Gasteiger partial charge on any atom is 0.105 e. The molecule has 0 aromatic heterocycles. The molecule has 0 saturated heterocycles. The van der Waals surface area contributed by atoms with Gasteiger partial charge in [-0.05, 0) is 27.7 Å². The molecule has 0 aromatic carbocycles. The predicted molar refractivity (Wildman–Crippen MR) is 47.3 cm³/mol. The highest BCUT2D eigenvalue weighted by Gasteiger charge is 2.17. The third-order valence-electron chi connectivity index (χ3n) is 0.797. The predicted octanol–water partition coefficient (Wildman–Crippen LogP) is 1.41. The van der Waals surface area contributed by atoms with Gasteiger partial charge >= 0.3 is 0 Å². The molecule has 2 N–H and O–H groups in total. The van der Waals surface area contributed by atoms with Crippen LogP contribution in [-0.2, 0) is 4.74 Å². The lowest BCUT2D eigenvalue weighted by Crippen LogP contribution is -2.39. The van der Waals surface area contributed by atoms with Crippen LogP contribution in [0.25, 0.3) is 0 Å². The van der Waals surface area contributed by atoms with Gasteiger partial charge in [-0.2, -0.15) is 0 Å². The van der Waals surface area contributed by atoms with Gasteiger partial charge in [-0.25, -0.2) is 0 Å². The van der Waals surface area contributed by atoms with E-state index in [-0.39, 0.29) is 10.5 Å². The van der Waals surface area contributed by atoms with E-state index in [2.05, 4.69) is 12.6 Å². The van der Waals surface area contributed by atoms with Gasteiger partial charge in [0.25, 0.3) is 0 Å². The summed E-state index contributed by atoms with van der Waals surface area (Å²) in [6.07, 6.45) is 0. The minimum Gasteiger partial charge on any atom is -0.363 e. The first-order valence-electron chi connectivity index (χ1n) is 3.36. The Bertz CT molecular complexity index is 87.2. The van der Waals surface area contributed by atoms with E-state index >= 15 is 0 Å². The molecule has 0 radical (unpaired) electrons. The highest BCUT2D eigenvalue weighted by atomic mass is 32.1. The van der Waals surface area contributed by atoms with Crippen molar-refractivity contribution in [3.8, 4) is 0 Å². The minimum absolute atomic E-state index is 0.264. The molecular formula is C7H17NOS. The first kappa shape index (κ1) is 10.3. The van der Waals surface area contributed by atoms with Crippen LogP contribution in [0.15, 0.2) is 0 Å². The third-order valence-corrected chi connectivity index (χ3v) is 0.927. The van der Waals surface area contributed by atoms with E-state index in [1.165, 1.54) is 0 Å².